The normalized spacial score (nSPS) is 23.2. The number of carbonyl (C=O) groups excluding carboxylic acids is 2. The lowest BCUT2D eigenvalue weighted by atomic mass is 9.89. The van der Waals surface area contributed by atoms with Crippen LogP contribution in [0.25, 0.3) is 0 Å². The zero-order valence-electron chi connectivity index (χ0n) is 15.7. The zero-order valence-corrected chi connectivity index (χ0v) is 15.7. The zero-order chi connectivity index (χ0) is 20.7. The highest BCUT2D eigenvalue weighted by atomic mass is 19.2. The summed E-state index contributed by atoms with van der Waals surface area (Å²) in [5.74, 6) is -2.46. The van der Waals surface area contributed by atoms with Gasteiger partial charge >= 0.3 is 6.03 Å². The number of anilines is 1. The van der Waals surface area contributed by atoms with Crippen LogP contribution >= 0.6 is 0 Å². The smallest absolute Gasteiger partial charge is 0.321 e. The number of nitrogens with one attached hydrogen (secondary N) is 1. The molecule has 0 saturated carbocycles. The minimum Gasteiger partial charge on any atom is -0.335 e. The third kappa shape index (κ3) is 3.66. The molecular formula is C21H20F3N3O2. The fraction of sp³-hybridized carbons (Fsp3) is 0.333. The maximum atomic E-state index is 13.8. The van der Waals surface area contributed by atoms with Crippen molar-refractivity contribution in [1.82, 2.24) is 9.80 Å². The molecule has 1 N–H and O–H groups in total. The minimum absolute atomic E-state index is 0.0311. The van der Waals surface area contributed by atoms with Crippen LogP contribution in [0.1, 0.15) is 18.5 Å². The Bertz CT molecular complexity index is 968. The molecule has 4 rings (SSSR count). The summed E-state index contributed by atoms with van der Waals surface area (Å²) in [5.41, 5.74) is 0.869. The van der Waals surface area contributed by atoms with Gasteiger partial charge in [-0.15, -0.1) is 0 Å². The molecule has 0 aromatic heterocycles. The van der Waals surface area contributed by atoms with Crippen molar-refractivity contribution in [2.75, 3.05) is 25.0 Å². The van der Waals surface area contributed by atoms with E-state index < -0.39 is 17.7 Å². The Morgan fingerprint density at radius 1 is 1.00 bits per heavy atom. The number of fused-ring (bicyclic) bond motifs is 1. The van der Waals surface area contributed by atoms with Crippen molar-refractivity contribution in [3.8, 4) is 0 Å². The van der Waals surface area contributed by atoms with Crippen molar-refractivity contribution in [3.05, 3.63) is 65.5 Å². The summed E-state index contributed by atoms with van der Waals surface area (Å²) in [4.78, 5) is 28.1. The lowest BCUT2D eigenvalue weighted by Gasteiger charge is -2.29. The summed E-state index contributed by atoms with van der Waals surface area (Å²) >= 11 is 0. The van der Waals surface area contributed by atoms with Crippen LogP contribution in [0.3, 0.4) is 0 Å². The molecule has 3 atom stereocenters. The minimum atomic E-state index is -1.04. The Hall–Kier alpha value is -3.03. The summed E-state index contributed by atoms with van der Waals surface area (Å²) in [6.07, 6.45) is 0. The summed E-state index contributed by atoms with van der Waals surface area (Å²) in [7, 11) is 0. The van der Waals surface area contributed by atoms with Gasteiger partial charge in [-0.05, 0) is 29.8 Å². The van der Waals surface area contributed by atoms with Gasteiger partial charge in [-0.3, -0.25) is 4.79 Å². The van der Waals surface area contributed by atoms with Gasteiger partial charge in [0, 0.05) is 50.1 Å². The standard InChI is InChI=1S/C21H20F3N3O2/c1-12(28)27-10-14-9-26(21(29)25-16-5-6-18(23)19(24)8-16)11-17(14)20(27)13-3-2-4-15(22)7-13/h2-8,14,17,20H,9-11H2,1H3,(H,25,29)/t14-,17-,20-/m1/s1. The van der Waals surface area contributed by atoms with Crippen LogP contribution in [0.5, 0.6) is 0 Å². The van der Waals surface area contributed by atoms with Crippen LogP contribution in [-0.2, 0) is 4.79 Å². The average molecular weight is 403 g/mol. The first kappa shape index (κ1) is 19.3. The average Bonchev–Trinajstić information content (AvgIpc) is 3.22. The molecule has 2 aliphatic heterocycles. The molecule has 2 aromatic rings. The highest BCUT2D eigenvalue weighted by Gasteiger charge is 2.49. The van der Waals surface area contributed by atoms with Crippen molar-refractivity contribution in [3.63, 3.8) is 0 Å². The Labute approximate surface area is 166 Å². The van der Waals surface area contributed by atoms with E-state index in [-0.39, 0.29) is 35.3 Å². The molecule has 5 nitrogen and oxygen atoms in total. The number of likely N-dealkylation sites (tertiary alicyclic amines) is 2. The second kappa shape index (κ2) is 7.42. The summed E-state index contributed by atoms with van der Waals surface area (Å²) < 4.78 is 40.2. The quantitative estimate of drug-likeness (QED) is 0.830. The number of hydrogen-bond donors (Lipinski definition) is 1. The molecule has 2 heterocycles. The van der Waals surface area contributed by atoms with E-state index in [2.05, 4.69) is 5.32 Å². The summed E-state index contributed by atoms with van der Waals surface area (Å²) in [6.45, 7) is 2.78. The monoisotopic (exact) mass is 403 g/mol. The van der Waals surface area contributed by atoms with Crippen LogP contribution in [0.4, 0.5) is 23.7 Å². The van der Waals surface area contributed by atoms with Crippen LogP contribution in [0.2, 0.25) is 0 Å². The SMILES string of the molecule is CC(=O)N1C[C@H]2CN(C(=O)Nc3ccc(F)c(F)c3)C[C@H]2[C@H]1c1cccc(F)c1. The molecule has 2 aliphatic rings. The Morgan fingerprint density at radius 3 is 2.48 bits per heavy atom. The van der Waals surface area contributed by atoms with Gasteiger partial charge in [0.1, 0.15) is 5.82 Å². The van der Waals surface area contributed by atoms with Gasteiger partial charge in [-0.2, -0.15) is 0 Å². The first-order chi connectivity index (χ1) is 13.8. The number of benzene rings is 2. The lowest BCUT2D eigenvalue weighted by molar-refractivity contribution is -0.130. The molecule has 0 spiro atoms. The predicted molar refractivity (Wildman–Crippen MR) is 100 cm³/mol. The van der Waals surface area contributed by atoms with Gasteiger partial charge in [0.25, 0.3) is 0 Å². The fourth-order valence-corrected chi connectivity index (χ4v) is 4.43. The molecule has 29 heavy (non-hydrogen) atoms. The predicted octanol–water partition coefficient (Wildman–Crippen LogP) is 3.79. The van der Waals surface area contributed by atoms with Crippen LogP contribution in [0.15, 0.2) is 42.5 Å². The third-order valence-electron chi connectivity index (χ3n) is 5.72. The lowest BCUT2D eigenvalue weighted by Crippen LogP contribution is -2.38. The van der Waals surface area contributed by atoms with Crippen molar-refractivity contribution in [2.45, 2.75) is 13.0 Å². The largest absolute Gasteiger partial charge is 0.335 e. The molecule has 152 valence electrons. The number of urea groups is 1. The van der Waals surface area contributed by atoms with Crippen molar-refractivity contribution in [2.24, 2.45) is 11.8 Å². The third-order valence-corrected chi connectivity index (χ3v) is 5.72. The van der Waals surface area contributed by atoms with Crippen molar-refractivity contribution >= 4 is 17.6 Å². The van der Waals surface area contributed by atoms with Gasteiger partial charge in [-0.25, -0.2) is 18.0 Å². The Morgan fingerprint density at radius 2 is 1.79 bits per heavy atom. The molecule has 0 bridgehead atoms. The Balaban J connectivity index is 1.52. The molecule has 3 amide bonds. The van der Waals surface area contributed by atoms with E-state index in [0.717, 1.165) is 12.1 Å². The first-order valence-corrected chi connectivity index (χ1v) is 9.37. The van der Waals surface area contributed by atoms with Crippen LogP contribution < -0.4 is 5.32 Å². The van der Waals surface area contributed by atoms with E-state index in [4.69, 9.17) is 0 Å². The number of carbonyl (C=O) groups is 2. The molecule has 0 aliphatic carbocycles. The van der Waals surface area contributed by atoms with Crippen LogP contribution in [0, 0.1) is 29.3 Å². The maximum Gasteiger partial charge on any atom is 0.321 e. The molecule has 2 saturated heterocycles. The van der Waals surface area contributed by atoms with E-state index in [1.807, 2.05) is 0 Å². The Kier molecular flexibility index (Phi) is 4.94. The van der Waals surface area contributed by atoms with E-state index in [9.17, 15) is 22.8 Å². The molecule has 0 unspecified atom stereocenters. The number of halogens is 3. The summed E-state index contributed by atoms with van der Waals surface area (Å²) in [6, 6.07) is 8.62. The van der Waals surface area contributed by atoms with Gasteiger partial charge in [0.05, 0.1) is 6.04 Å². The van der Waals surface area contributed by atoms with E-state index in [1.54, 1.807) is 21.9 Å². The van der Waals surface area contributed by atoms with Crippen LogP contribution in [-0.4, -0.2) is 41.4 Å². The van der Waals surface area contributed by atoms with E-state index >= 15 is 0 Å². The topological polar surface area (TPSA) is 52.7 Å². The van der Waals surface area contributed by atoms with Gasteiger partial charge in [0.15, 0.2) is 11.6 Å². The number of rotatable bonds is 2. The second-order valence-electron chi connectivity index (χ2n) is 7.56. The highest BCUT2D eigenvalue weighted by molar-refractivity contribution is 5.89. The molecular weight excluding hydrogens is 383 g/mol. The molecule has 2 aromatic carbocycles. The fourth-order valence-electron chi connectivity index (χ4n) is 4.43. The number of nitrogens with zero attached hydrogens (tertiary/aromatic N) is 2. The number of amides is 3. The summed E-state index contributed by atoms with van der Waals surface area (Å²) in [5, 5.41) is 2.58. The maximum absolute atomic E-state index is 13.8. The number of hydrogen-bond acceptors (Lipinski definition) is 2. The van der Waals surface area contributed by atoms with Crippen molar-refractivity contribution < 1.29 is 22.8 Å². The highest BCUT2D eigenvalue weighted by Crippen LogP contribution is 2.45. The van der Waals surface area contributed by atoms with E-state index in [0.29, 0.717) is 25.2 Å². The van der Waals surface area contributed by atoms with Crippen molar-refractivity contribution in [1.29, 1.82) is 0 Å². The molecule has 0 radical (unpaired) electrons. The first-order valence-electron chi connectivity index (χ1n) is 9.37. The van der Waals surface area contributed by atoms with E-state index in [1.165, 1.54) is 25.1 Å². The molecule has 2 fully saturated rings. The second-order valence-corrected chi connectivity index (χ2v) is 7.56. The molecule has 8 heteroatoms. The van der Waals surface area contributed by atoms with Gasteiger partial charge in [0.2, 0.25) is 5.91 Å². The van der Waals surface area contributed by atoms with Gasteiger partial charge < -0.3 is 15.1 Å². The van der Waals surface area contributed by atoms with Gasteiger partial charge in [-0.1, -0.05) is 12.1 Å².